The van der Waals surface area contributed by atoms with Gasteiger partial charge in [0.15, 0.2) is 5.82 Å². The number of rotatable bonds is 2. The van der Waals surface area contributed by atoms with Crippen LogP contribution in [0.1, 0.15) is 12.2 Å². The van der Waals surface area contributed by atoms with E-state index in [1.54, 1.807) is 28.9 Å². The second kappa shape index (κ2) is 4.34. The first-order chi connectivity index (χ1) is 9.15. The second-order valence-corrected chi connectivity index (χ2v) is 4.53. The number of phenols is 1. The minimum atomic E-state index is -0.605. The van der Waals surface area contributed by atoms with Crippen LogP contribution in [-0.4, -0.2) is 30.8 Å². The molecule has 19 heavy (non-hydrogen) atoms. The van der Waals surface area contributed by atoms with Crippen molar-refractivity contribution in [2.75, 3.05) is 0 Å². The molecule has 0 aliphatic carbocycles. The first kappa shape index (κ1) is 11.6. The molecule has 0 fully saturated rings. The van der Waals surface area contributed by atoms with E-state index in [-0.39, 0.29) is 17.2 Å². The molecule has 0 spiro atoms. The van der Waals surface area contributed by atoms with Crippen molar-refractivity contribution in [1.29, 1.82) is 0 Å². The zero-order chi connectivity index (χ0) is 13.4. The average molecular weight is 260 g/mol. The normalized spacial score (nSPS) is 18.0. The molecule has 1 atom stereocenters. The van der Waals surface area contributed by atoms with E-state index in [4.69, 9.17) is 0 Å². The number of nitrogens with zero attached hydrogens (tertiary/aromatic N) is 4. The third kappa shape index (κ3) is 2.03. The van der Waals surface area contributed by atoms with Gasteiger partial charge in [-0.25, -0.2) is 9.67 Å². The van der Waals surface area contributed by atoms with Crippen LogP contribution in [0.15, 0.2) is 24.3 Å². The van der Waals surface area contributed by atoms with E-state index >= 15 is 0 Å². The highest BCUT2D eigenvalue weighted by Crippen LogP contribution is 2.27. The summed E-state index contributed by atoms with van der Waals surface area (Å²) in [5.74, 6) is 1.25. The van der Waals surface area contributed by atoms with Gasteiger partial charge in [0.05, 0.1) is 5.56 Å². The van der Waals surface area contributed by atoms with Crippen molar-refractivity contribution in [2.45, 2.75) is 25.4 Å². The number of aromatic hydroxyl groups is 1. The summed E-state index contributed by atoms with van der Waals surface area (Å²) in [6, 6.07) is 6.19. The van der Waals surface area contributed by atoms with Gasteiger partial charge >= 0.3 is 0 Å². The highest BCUT2D eigenvalue weighted by molar-refractivity contribution is 5.63. The fourth-order valence-electron chi connectivity index (χ4n) is 2.24. The van der Waals surface area contributed by atoms with Crippen molar-refractivity contribution in [1.82, 2.24) is 14.8 Å². The largest absolute Gasteiger partial charge is 0.507 e. The molecule has 0 radical (unpaired) electrons. The zero-order valence-electron chi connectivity index (χ0n) is 10.1. The Morgan fingerprint density at radius 1 is 1.42 bits per heavy atom. The quantitative estimate of drug-likeness (QED) is 0.647. The average Bonchev–Trinajstić information content (AvgIpc) is 2.81. The Kier molecular flexibility index (Phi) is 2.66. The van der Waals surface area contributed by atoms with Crippen molar-refractivity contribution in [3.63, 3.8) is 0 Å². The van der Waals surface area contributed by atoms with Crippen LogP contribution >= 0.6 is 0 Å². The number of aromatic nitrogens is 3. The van der Waals surface area contributed by atoms with Crippen LogP contribution in [-0.2, 0) is 13.0 Å². The van der Waals surface area contributed by atoms with Crippen molar-refractivity contribution in [3.8, 4) is 17.1 Å². The highest BCUT2D eigenvalue weighted by atomic mass is 16.6. The predicted molar refractivity (Wildman–Crippen MR) is 66.2 cm³/mol. The SMILES string of the molecule is O=[N+]([O-])C1CCc2nc(-c3ccccc3O)nn2C1. The number of fused-ring (bicyclic) bond motifs is 1. The van der Waals surface area contributed by atoms with Crippen LogP contribution in [0.4, 0.5) is 0 Å². The Bertz CT molecular complexity index is 638. The molecule has 1 unspecified atom stereocenters. The van der Waals surface area contributed by atoms with Crippen molar-refractivity contribution >= 4 is 0 Å². The third-order valence-electron chi connectivity index (χ3n) is 3.28. The third-order valence-corrected chi connectivity index (χ3v) is 3.28. The molecule has 2 aromatic rings. The fourth-order valence-corrected chi connectivity index (χ4v) is 2.24. The number of hydrogen-bond donors (Lipinski definition) is 1. The van der Waals surface area contributed by atoms with Crippen LogP contribution in [0.2, 0.25) is 0 Å². The van der Waals surface area contributed by atoms with Crippen LogP contribution in [0.3, 0.4) is 0 Å². The number of phenolic OH excluding ortho intramolecular Hbond substituents is 1. The molecular weight excluding hydrogens is 248 g/mol. The molecule has 0 saturated heterocycles. The Hall–Kier alpha value is -2.44. The van der Waals surface area contributed by atoms with Gasteiger partial charge in [0.1, 0.15) is 18.1 Å². The Labute approximate surface area is 108 Å². The smallest absolute Gasteiger partial charge is 0.232 e. The Morgan fingerprint density at radius 2 is 2.21 bits per heavy atom. The molecule has 2 heterocycles. The molecule has 7 heteroatoms. The minimum absolute atomic E-state index is 0.108. The highest BCUT2D eigenvalue weighted by Gasteiger charge is 2.29. The molecule has 1 aliphatic rings. The molecule has 1 aromatic heterocycles. The zero-order valence-corrected chi connectivity index (χ0v) is 10.1. The summed E-state index contributed by atoms with van der Waals surface area (Å²) >= 11 is 0. The molecule has 0 saturated carbocycles. The maximum Gasteiger partial charge on any atom is 0.232 e. The summed E-state index contributed by atoms with van der Waals surface area (Å²) in [4.78, 5) is 14.9. The van der Waals surface area contributed by atoms with Crippen LogP contribution in [0, 0.1) is 10.1 Å². The Morgan fingerprint density at radius 3 is 2.95 bits per heavy atom. The van der Waals surface area contributed by atoms with E-state index in [1.807, 2.05) is 0 Å². The summed E-state index contributed by atoms with van der Waals surface area (Å²) < 4.78 is 1.57. The van der Waals surface area contributed by atoms with E-state index in [0.29, 0.717) is 24.2 Å². The number of hydrogen-bond acceptors (Lipinski definition) is 5. The lowest BCUT2D eigenvalue weighted by molar-refractivity contribution is -0.527. The maximum atomic E-state index is 10.8. The minimum Gasteiger partial charge on any atom is -0.507 e. The summed E-state index contributed by atoms with van der Waals surface area (Å²) in [6.07, 6.45) is 1.01. The van der Waals surface area contributed by atoms with Gasteiger partial charge in [-0.3, -0.25) is 10.1 Å². The van der Waals surface area contributed by atoms with Gasteiger partial charge < -0.3 is 5.11 Å². The lowest BCUT2D eigenvalue weighted by atomic mass is 10.1. The molecule has 1 aliphatic heterocycles. The van der Waals surface area contributed by atoms with Crippen LogP contribution in [0.25, 0.3) is 11.4 Å². The van der Waals surface area contributed by atoms with E-state index in [9.17, 15) is 15.2 Å². The van der Waals surface area contributed by atoms with Gasteiger partial charge in [-0.2, -0.15) is 5.10 Å². The van der Waals surface area contributed by atoms with E-state index in [0.717, 1.165) is 5.82 Å². The van der Waals surface area contributed by atoms with Crippen molar-refractivity contribution in [2.24, 2.45) is 0 Å². The van der Waals surface area contributed by atoms with Gasteiger partial charge in [-0.1, -0.05) is 12.1 Å². The van der Waals surface area contributed by atoms with Gasteiger partial charge in [-0.05, 0) is 12.1 Å². The van der Waals surface area contributed by atoms with Crippen LogP contribution < -0.4 is 0 Å². The molecule has 0 bridgehead atoms. The molecule has 1 aromatic carbocycles. The lowest BCUT2D eigenvalue weighted by Gasteiger charge is -2.15. The number of para-hydroxylation sites is 1. The first-order valence-electron chi connectivity index (χ1n) is 6.01. The van der Waals surface area contributed by atoms with E-state index < -0.39 is 6.04 Å². The molecule has 7 nitrogen and oxygen atoms in total. The van der Waals surface area contributed by atoms with Gasteiger partial charge in [0, 0.05) is 17.8 Å². The van der Waals surface area contributed by atoms with Crippen molar-refractivity contribution in [3.05, 3.63) is 40.2 Å². The summed E-state index contributed by atoms with van der Waals surface area (Å²) in [5.41, 5.74) is 0.544. The molecule has 1 N–H and O–H groups in total. The summed E-state index contributed by atoms with van der Waals surface area (Å²) in [7, 11) is 0. The summed E-state index contributed by atoms with van der Waals surface area (Å²) in [5, 5.41) is 24.8. The number of nitro groups is 1. The monoisotopic (exact) mass is 260 g/mol. The molecule has 0 amide bonds. The second-order valence-electron chi connectivity index (χ2n) is 4.53. The van der Waals surface area contributed by atoms with Crippen LogP contribution in [0.5, 0.6) is 5.75 Å². The lowest BCUT2D eigenvalue weighted by Crippen LogP contribution is -2.31. The van der Waals surface area contributed by atoms with E-state index in [1.165, 1.54) is 0 Å². The first-order valence-corrected chi connectivity index (χ1v) is 6.01. The number of benzene rings is 1. The molecule has 3 rings (SSSR count). The summed E-state index contributed by atoms with van der Waals surface area (Å²) in [6.45, 7) is 0.239. The van der Waals surface area contributed by atoms with Crippen molar-refractivity contribution < 1.29 is 10.0 Å². The fraction of sp³-hybridized carbons (Fsp3) is 0.333. The molecule has 98 valence electrons. The Balaban J connectivity index is 1.96. The topological polar surface area (TPSA) is 94.1 Å². The van der Waals surface area contributed by atoms with E-state index in [2.05, 4.69) is 10.1 Å². The van der Waals surface area contributed by atoms with Gasteiger partial charge in [0.2, 0.25) is 6.04 Å². The van der Waals surface area contributed by atoms with Gasteiger partial charge in [-0.15, -0.1) is 0 Å². The maximum absolute atomic E-state index is 10.8. The van der Waals surface area contributed by atoms with Gasteiger partial charge in [0.25, 0.3) is 0 Å². The molecular formula is C12H12N4O3. The predicted octanol–water partition coefficient (Wildman–Crippen LogP) is 1.24. The number of aryl methyl sites for hydroxylation is 1. The standard InChI is InChI=1S/C12H12N4O3/c17-10-4-2-1-3-9(10)12-13-11-6-5-8(16(18)19)7-15(11)14-12/h1-4,8,17H,5-7H2.